The van der Waals surface area contributed by atoms with Crippen LogP contribution in [0.4, 0.5) is 23.7 Å². The third kappa shape index (κ3) is 3.31. The standard InChI is InChI=1S/C21H19F3N3O2/c1-3-11-26-19(29)27(18(28)20(26,2)15-7-5-4-6-8-15)16-10-9-14(13-25)17(12-16)21(22,23)24/h4-5,7-10,12H,3,6,11H2,1-2H3. The molecule has 2 aliphatic rings. The lowest BCUT2D eigenvalue weighted by Crippen LogP contribution is -2.48. The first-order valence-electron chi connectivity index (χ1n) is 9.14. The number of carbonyl (C=O) groups excluding carboxylic acids is 2. The van der Waals surface area contributed by atoms with Crippen molar-refractivity contribution in [3.63, 3.8) is 0 Å². The predicted octanol–water partition coefficient (Wildman–Crippen LogP) is 4.60. The summed E-state index contributed by atoms with van der Waals surface area (Å²) in [6, 6.07) is 3.68. The second kappa shape index (κ2) is 7.39. The third-order valence-corrected chi connectivity index (χ3v) is 5.16. The van der Waals surface area contributed by atoms with Gasteiger partial charge in [0.2, 0.25) is 0 Å². The Bertz CT molecular complexity index is 959. The van der Waals surface area contributed by atoms with E-state index < -0.39 is 34.8 Å². The highest BCUT2D eigenvalue weighted by Gasteiger charge is 2.56. The second-order valence-corrected chi connectivity index (χ2v) is 6.98. The van der Waals surface area contributed by atoms with E-state index in [9.17, 15) is 22.8 Å². The minimum absolute atomic E-state index is 0.205. The summed E-state index contributed by atoms with van der Waals surface area (Å²) < 4.78 is 40.1. The zero-order chi connectivity index (χ0) is 21.4. The van der Waals surface area contributed by atoms with E-state index in [1.54, 1.807) is 19.1 Å². The molecule has 3 amide bonds. The molecule has 1 radical (unpaired) electrons. The van der Waals surface area contributed by atoms with Gasteiger partial charge in [-0.2, -0.15) is 18.4 Å². The lowest BCUT2D eigenvalue weighted by Gasteiger charge is -2.33. The Hall–Kier alpha value is -3.08. The first kappa shape index (κ1) is 20.6. The number of carbonyl (C=O) groups is 2. The van der Waals surface area contributed by atoms with Gasteiger partial charge in [-0.25, -0.2) is 9.69 Å². The number of alkyl halides is 3. The average Bonchev–Trinajstić information content (AvgIpc) is 2.89. The van der Waals surface area contributed by atoms with Crippen molar-refractivity contribution in [1.82, 2.24) is 4.90 Å². The minimum atomic E-state index is -4.79. The summed E-state index contributed by atoms with van der Waals surface area (Å²) in [6.07, 6.45) is 3.63. The molecule has 5 nitrogen and oxygen atoms in total. The molecule has 1 unspecified atom stereocenters. The molecule has 1 fully saturated rings. The maximum atomic E-state index is 13.4. The van der Waals surface area contributed by atoms with E-state index in [0.29, 0.717) is 24.5 Å². The number of benzene rings is 1. The molecule has 0 saturated carbocycles. The van der Waals surface area contributed by atoms with Gasteiger partial charge in [0, 0.05) is 6.54 Å². The lowest BCUT2D eigenvalue weighted by molar-refractivity contribution is -0.137. The molecule has 8 heteroatoms. The van der Waals surface area contributed by atoms with Crippen molar-refractivity contribution in [3.05, 3.63) is 59.5 Å². The smallest absolute Gasteiger partial charge is 0.305 e. The van der Waals surface area contributed by atoms with Gasteiger partial charge in [0.15, 0.2) is 0 Å². The highest BCUT2D eigenvalue weighted by Crippen LogP contribution is 2.41. The topological polar surface area (TPSA) is 64.4 Å². The number of nitriles is 1. The second-order valence-electron chi connectivity index (χ2n) is 6.98. The molecule has 0 N–H and O–H groups in total. The number of hydrogen-bond donors (Lipinski definition) is 0. The van der Waals surface area contributed by atoms with Gasteiger partial charge in [-0.15, -0.1) is 0 Å². The Morgan fingerprint density at radius 3 is 2.55 bits per heavy atom. The van der Waals surface area contributed by atoms with Crippen LogP contribution in [0.25, 0.3) is 0 Å². The van der Waals surface area contributed by atoms with Gasteiger partial charge in [0.05, 0.1) is 22.9 Å². The quantitative estimate of drug-likeness (QED) is 0.691. The van der Waals surface area contributed by atoms with Gasteiger partial charge >= 0.3 is 12.2 Å². The van der Waals surface area contributed by atoms with Crippen LogP contribution >= 0.6 is 0 Å². The van der Waals surface area contributed by atoms with Crippen molar-refractivity contribution in [1.29, 1.82) is 5.26 Å². The molecule has 1 heterocycles. The van der Waals surface area contributed by atoms with Gasteiger partial charge < -0.3 is 4.90 Å². The average molecular weight is 402 g/mol. The predicted molar refractivity (Wildman–Crippen MR) is 101 cm³/mol. The normalized spacial score (nSPS) is 22.1. The summed E-state index contributed by atoms with van der Waals surface area (Å²) >= 11 is 0. The molecular weight excluding hydrogens is 383 g/mol. The van der Waals surface area contributed by atoms with Gasteiger partial charge in [-0.1, -0.05) is 25.2 Å². The molecule has 1 aliphatic carbocycles. The number of imide groups is 1. The van der Waals surface area contributed by atoms with E-state index in [2.05, 4.69) is 0 Å². The van der Waals surface area contributed by atoms with Gasteiger partial charge in [0.25, 0.3) is 5.91 Å². The Kier molecular flexibility index (Phi) is 5.26. The number of urea groups is 1. The maximum Gasteiger partial charge on any atom is 0.417 e. The zero-order valence-electron chi connectivity index (χ0n) is 16.0. The highest BCUT2D eigenvalue weighted by atomic mass is 19.4. The number of anilines is 1. The number of halogens is 3. The third-order valence-electron chi connectivity index (χ3n) is 5.16. The summed E-state index contributed by atoms with van der Waals surface area (Å²) in [5, 5.41) is 8.98. The van der Waals surface area contributed by atoms with Crippen molar-refractivity contribution >= 4 is 17.6 Å². The molecular formula is C21H19F3N3O2. The summed E-state index contributed by atoms with van der Waals surface area (Å²) in [7, 11) is 0. The Labute approximate surface area is 166 Å². The minimum Gasteiger partial charge on any atom is -0.305 e. The Morgan fingerprint density at radius 2 is 2.00 bits per heavy atom. The fraction of sp³-hybridized carbons (Fsp3) is 0.333. The first-order valence-corrected chi connectivity index (χ1v) is 9.14. The Morgan fingerprint density at radius 1 is 1.28 bits per heavy atom. The number of allylic oxidation sites excluding steroid dienone is 2. The number of rotatable bonds is 4. The molecule has 1 atom stereocenters. The largest absolute Gasteiger partial charge is 0.417 e. The van der Waals surface area contributed by atoms with Crippen LogP contribution in [-0.2, 0) is 11.0 Å². The number of nitrogens with zero attached hydrogens (tertiary/aromatic N) is 3. The molecule has 0 spiro atoms. The van der Waals surface area contributed by atoms with Crippen LogP contribution in [0.1, 0.15) is 37.8 Å². The van der Waals surface area contributed by atoms with Crippen LogP contribution in [0.15, 0.2) is 42.0 Å². The molecule has 3 rings (SSSR count). The summed E-state index contributed by atoms with van der Waals surface area (Å²) in [6.45, 7) is 3.73. The molecule has 1 aliphatic heterocycles. The molecule has 1 aromatic carbocycles. The molecule has 0 bridgehead atoms. The zero-order valence-corrected chi connectivity index (χ0v) is 16.0. The van der Waals surface area contributed by atoms with Crippen molar-refractivity contribution in [2.45, 2.75) is 38.4 Å². The van der Waals surface area contributed by atoms with Crippen LogP contribution in [-0.4, -0.2) is 28.9 Å². The van der Waals surface area contributed by atoms with Crippen LogP contribution in [0.2, 0.25) is 0 Å². The van der Waals surface area contributed by atoms with Crippen LogP contribution in [0, 0.1) is 17.8 Å². The van der Waals surface area contributed by atoms with Crippen molar-refractivity contribution in [2.75, 3.05) is 11.4 Å². The van der Waals surface area contributed by atoms with E-state index in [1.165, 1.54) is 17.0 Å². The molecule has 29 heavy (non-hydrogen) atoms. The van der Waals surface area contributed by atoms with Crippen LogP contribution in [0.3, 0.4) is 0 Å². The van der Waals surface area contributed by atoms with Gasteiger partial charge in [0.1, 0.15) is 5.54 Å². The monoisotopic (exact) mass is 402 g/mol. The molecule has 1 saturated heterocycles. The number of amides is 3. The lowest BCUT2D eigenvalue weighted by atomic mass is 9.86. The first-order chi connectivity index (χ1) is 13.7. The van der Waals surface area contributed by atoms with Crippen molar-refractivity contribution in [3.8, 4) is 6.07 Å². The van der Waals surface area contributed by atoms with Crippen LogP contribution < -0.4 is 4.90 Å². The van der Waals surface area contributed by atoms with E-state index in [-0.39, 0.29) is 12.2 Å². The summed E-state index contributed by atoms with van der Waals surface area (Å²) in [4.78, 5) is 28.6. The SMILES string of the molecule is CCCN1C(=O)N(c2ccc(C#N)c(C(F)(F)F)c2)C(=O)C1(C)C1=CC[CH]C=C1. The fourth-order valence-electron chi connectivity index (χ4n) is 3.66. The van der Waals surface area contributed by atoms with Crippen molar-refractivity contribution < 1.29 is 22.8 Å². The highest BCUT2D eigenvalue weighted by molar-refractivity contribution is 6.24. The van der Waals surface area contributed by atoms with E-state index in [0.717, 1.165) is 11.0 Å². The molecule has 151 valence electrons. The van der Waals surface area contributed by atoms with Crippen LogP contribution in [0.5, 0.6) is 0 Å². The van der Waals surface area contributed by atoms with Gasteiger partial charge in [-0.05, 0) is 50.0 Å². The van der Waals surface area contributed by atoms with E-state index in [4.69, 9.17) is 5.26 Å². The summed E-state index contributed by atoms with van der Waals surface area (Å²) in [5.41, 5.74) is -2.64. The summed E-state index contributed by atoms with van der Waals surface area (Å²) in [5.74, 6) is -0.619. The van der Waals surface area contributed by atoms with Crippen molar-refractivity contribution in [2.24, 2.45) is 0 Å². The number of hydrogen-bond acceptors (Lipinski definition) is 3. The fourth-order valence-corrected chi connectivity index (χ4v) is 3.66. The molecule has 0 aromatic heterocycles. The maximum absolute atomic E-state index is 13.4. The van der Waals surface area contributed by atoms with E-state index >= 15 is 0 Å². The van der Waals surface area contributed by atoms with Gasteiger partial charge in [-0.3, -0.25) is 4.79 Å². The molecule has 1 aromatic rings. The Balaban J connectivity index is 2.13. The van der Waals surface area contributed by atoms with E-state index in [1.807, 2.05) is 19.4 Å².